The molecular weight excluding hydrogens is 266 g/mol. The number of nitrogens with zero attached hydrogens (tertiary/aromatic N) is 2. The number of carbonyl (C=O) groups excluding carboxylic acids is 2. The van der Waals surface area contributed by atoms with Crippen LogP contribution in [0.1, 0.15) is 45.4 Å². The summed E-state index contributed by atoms with van der Waals surface area (Å²) in [7, 11) is 3.56. The number of likely N-dealkylation sites (N-methyl/N-ethyl adjacent to an activating group) is 1. The van der Waals surface area contributed by atoms with Crippen molar-refractivity contribution in [2.24, 2.45) is 5.92 Å². The highest BCUT2D eigenvalue weighted by Gasteiger charge is 2.33. The molecule has 0 aromatic rings. The van der Waals surface area contributed by atoms with Gasteiger partial charge in [0.15, 0.2) is 0 Å². The zero-order chi connectivity index (χ0) is 15.4. The second-order valence-corrected chi connectivity index (χ2v) is 6.80. The topological polar surface area (TPSA) is 52.7 Å². The van der Waals surface area contributed by atoms with Crippen molar-refractivity contribution in [1.29, 1.82) is 0 Å². The quantitative estimate of drug-likeness (QED) is 0.849. The molecular formula is C16H29N3O2. The van der Waals surface area contributed by atoms with Crippen molar-refractivity contribution in [2.75, 3.05) is 27.2 Å². The van der Waals surface area contributed by atoms with Crippen LogP contribution in [0, 0.1) is 5.92 Å². The maximum absolute atomic E-state index is 12.3. The van der Waals surface area contributed by atoms with Crippen LogP contribution in [0.15, 0.2) is 0 Å². The molecule has 2 aliphatic rings. The van der Waals surface area contributed by atoms with Crippen molar-refractivity contribution in [3.05, 3.63) is 0 Å². The van der Waals surface area contributed by atoms with Crippen LogP contribution >= 0.6 is 0 Å². The predicted octanol–water partition coefficient (Wildman–Crippen LogP) is 1.23. The Morgan fingerprint density at radius 1 is 1.14 bits per heavy atom. The summed E-state index contributed by atoms with van der Waals surface area (Å²) in [5, 5.41) is 3.18. The Hall–Kier alpha value is -1.10. The standard InChI is InChI=1S/C16H29N3O2/c1-12-7-4-5-8-13(12)17-15(20)11-19-10-6-9-14(19)16(21)18(2)3/h12-14H,4-11H2,1-3H3,(H,17,20)/t12-,13+,14+/m1/s1. The third-order valence-electron chi connectivity index (χ3n) is 4.89. The highest BCUT2D eigenvalue weighted by molar-refractivity contribution is 5.83. The predicted molar refractivity (Wildman–Crippen MR) is 82.9 cm³/mol. The molecule has 0 spiro atoms. The van der Waals surface area contributed by atoms with Gasteiger partial charge in [0.2, 0.25) is 11.8 Å². The van der Waals surface area contributed by atoms with Gasteiger partial charge in [-0.25, -0.2) is 0 Å². The lowest BCUT2D eigenvalue weighted by molar-refractivity contribution is -0.134. The molecule has 1 aliphatic carbocycles. The summed E-state index contributed by atoms with van der Waals surface area (Å²) >= 11 is 0. The van der Waals surface area contributed by atoms with Gasteiger partial charge in [0.25, 0.3) is 0 Å². The summed E-state index contributed by atoms with van der Waals surface area (Å²) in [4.78, 5) is 28.1. The fourth-order valence-electron chi connectivity index (χ4n) is 3.56. The van der Waals surface area contributed by atoms with Crippen molar-refractivity contribution in [1.82, 2.24) is 15.1 Å². The minimum absolute atomic E-state index is 0.0761. The van der Waals surface area contributed by atoms with Gasteiger partial charge in [-0.15, -0.1) is 0 Å². The molecule has 0 radical (unpaired) electrons. The van der Waals surface area contributed by atoms with Crippen LogP contribution < -0.4 is 5.32 Å². The zero-order valence-electron chi connectivity index (χ0n) is 13.6. The van der Waals surface area contributed by atoms with Gasteiger partial charge in [0, 0.05) is 20.1 Å². The van der Waals surface area contributed by atoms with E-state index in [1.54, 1.807) is 19.0 Å². The third-order valence-corrected chi connectivity index (χ3v) is 4.89. The maximum Gasteiger partial charge on any atom is 0.239 e. The average Bonchev–Trinajstić information content (AvgIpc) is 2.88. The van der Waals surface area contributed by atoms with E-state index in [1.165, 1.54) is 19.3 Å². The Labute approximate surface area is 128 Å². The van der Waals surface area contributed by atoms with Crippen LogP contribution in [-0.4, -0.2) is 60.9 Å². The molecule has 5 heteroatoms. The van der Waals surface area contributed by atoms with Crippen LogP contribution in [0.4, 0.5) is 0 Å². The number of hydrogen-bond donors (Lipinski definition) is 1. The number of amides is 2. The molecule has 21 heavy (non-hydrogen) atoms. The van der Waals surface area contributed by atoms with Gasteiger partial charge in [-0.1, -0.05) is 19.8 Å². The van der Waals surface area contributed by atoms with E-state index in [1.807, 2.05) is 4.90 Å². The highest BCUT2D eigenvalue weighted by atomic mass is 16.2. The van der Waals surface area contributed by atoms with Crippen LogP contribution in [0.3, 0.4) is 0 Å². The van der Waals surface area contributed by atoms with Crippen molar-refractivity contribution >= 4 is 11.8 Å². The van der Waals surface area contributed by atoms with E-state index in [-0.39, 0.29) is 17.9 Å². The maximum atomic E-state index is 12.3. The van der Waals surface area contributed by atoms with Crippen LogP contribution in [-0.2, 0) is 9.59 Å². The van der Waals surface area contributed by atoms with Gasteiger partial charge in [-0.05, 0) is 38.1 Å². The van der Waals surface area contributed by atoms with Crippen molar-refractivity contribution < 1.29 is 9.59 Å². The van der Waals surface area contributed by atoms with Crippen LogP contribution in [0.25, 0.3) is 0 Å². The SMILES string of the molecule is C[C@@H]1CCCC[C@@H]1NC(=O)CN1CCC[C@H]1C(=O)N(C)C. The fourth-order valence-corrected chi connectivity index (χ4v) is 3.56. The first-order valence-electron chi connectivity index (χ1n) is 8.23. The largest absolute Gasteiger partial charge is 0.352 e. The zero-order valence-corrected chi connectivity index (χ0v) is 13.6. The van der Waals surface area contributed by atoms with Gasteiger partial charge in [-0.3, -0.25) is 14.5 Å². The lowest BCUT2D eigenvalue weighted by Gasteiger charge is -2.31. The van der Waals surface area contributed by atoms with Crippen LogP contribution in [0.5, 0.6) is 0 Å². The highest BCUT2D eigenvalue weighted by Crippen LogP contribution is 2.24. The van der Waals surface area contributed by atoms with Crippen LogP contribution in [0.2, 0.25) is 0 Å². The first-order valence-corrected chi connectivity index (χ1v) is 8.23. The molecule has 1 saturated heterocycles. The second-order valence-electron chi connectivity index (χ2n) is 6.80. The molecule has 120 valence electrons. The third kappa shape index (κ3) is 4.19. The normalized spacial score (nSPS) is 30.1. The molecule has 1 saturated carbocycles. The average molecular weight is 295 g/mol. The number of likely N-dealkylation sites (tertiary alicyclic amines) is 1. The minimum Gasteiger partial charge on any atom is -0.352 e. The number of rotatable bonds is 4. The van der Waals surface area contributed by atoms with Crippen molar-refractivity contribution in [2.45, 2.75) is 57.5 Å². The van der Waals surface area contributed by atoms with E-state index in [4.69, 9.17) is 0 Å². The molecule has 5 nitrogen and oxygen atoms in total. The molecule has 2 fully saturated rings. The molecule has 3 atom stereocenters. The van der Waals surface area contributed by atoms with Gasteiger partial charge in [0.1, 0.15) is 0 Å². The number of nitrogens with one attached hydrogen (secondary N) is 1. The van der Waals surface area contributed by atoms with E-state index in [2.05, 4.69) is 12.2 Å². The van der Waals surface area contributed by atoms with E-state index < -0.39 is 0 Å². The Morgan fingerprint density at radius 3 is 2.52 bits per heavy atom. The summed E-state index contributed by atoms with van der Waals surface area (Å²) in [5.74, 6) is 0.763. The van der Waals surface area contributed by atoms with Gasteiger partial charge in [0.05, 0.1) is 12.6 Å². The summed E-state index contributed by atoms with van der Waals surface area (Å²) in [6, 6.07) is 0.200. The molecule has 0 unspecified atom stereocenters. The fraction of sp³-hybridized carbons (Fsp3) is 0.875. The summed E-state index contributed by atoms with van der Waals surface area (Å²) in [5.41, 5.74) is 0. The molecule has 0 aromatic carbocycles. The van der Waals surface area contributed by atoms with Crippen molar-refractivity contribution in [3.8, 4) is 0 Å². The lowest BCUT2D eigenvalue weighted by Crippen LogP contribution is -2.49. The summed E-state index contributed by atoms with van der Waals surface area (Å²) < 4.78 is 0. The van der Waals surface area contributed by atoms with E-state index in [0.717, 1.165) is 25.8 Å². The molecule has 0 aromatic heterocycles. The Bertz CT molecular complexity index is 384. The lowest BCUT2D eigenvalue weighted by atomic mass is 9.86. The summed E-state index contributed by atoms with van der Waals surface area (Å²) in [6.07, 6.45) is 6.64. The van der Waals surface area contributed by atoms with Crippen molar-refractivity contribution in [3.63, 3.8) is 0 Å². The second kappa shape index (κ2) is 7.25. The van der Waals surface area contributed by atoms with E-state index in [0.29, 0.717) is 18.5 Å². The van der Waals surface area contributed by atoms with Gasteiger partial charge in [-0.2, -0.15) is 0 Å². The Kier molecular flexibility index (Phi) is 5.62. The first-order chi connectivity index (χ1) is 9.99. The molecule has 1 heterocycles. The van der Waals surface area contributed by atoms with E-state index >= 15 is 0 Å². The molecule has 1 aliphatic heterocycles. The Balaban J connectivity index is 1.85. The van der Waals surface area contributed by atoms with E-state index in [9.17, 15) is 9.59 Å². The van der Waals surface area contributed by atoms with Gasteiger partial charge >= 0.3 is 0 Å². The smallest absolute Gasteiger partial charge is 0.239 e. The first kappa shape index (κ1) is 16.3. The number of carbonyl (C=O) groups is 2. The molecule has 0 bridgehead atoms. The number of hydrogen-bond acceptors (Lipinski definition) is 3. The minimum atomic E-state index is -0.116. The molecule has 2 amide bonds. The van der Waals surface area contributed by atoms with Gasteiger partial charge < -0.3 is 10.2 Å². The molecule has 2 rings (SSSR count). The molecule has 1 N–H and O–H groups in total. The summed E-state index contributed by atoms with van der Waals surface area (Å²) in [6.45, 7) is 3.42. The Morgan fingerprint density at radius 2 is 1.86 bits per heavy atom. The monoisotopic (exact) mass is 295 g/mol.